The van der Waals surface area contributed by atoms with Crippen molar-refractivity contribution in [1.82, 2.24) is 15.1 Å². The standard InChI is InChI=1S/C23H22ClN5O4S/c1-2-33-22(31)16-6-3-4-7-17(16)26-23(32)29-13-5-8-18(29)20-27-28-21(34-20)19(30)25-15-11-9-14(24)10-12-15/h3-4,6-7,9-12,18H,2,5,8,13H2,1H3,(H,25,30)(H,26,32)/t18-/m0/s1. The third kappa shape index (κ3) is 5.35. The molecule has 0 aliphatic carbocycles. The van der Waals surface area contributed by atoms with Crippen molar-refractivity contribution in [2.24, 2.45) is 0 Å². The van der Waals surface area contributed by atoms with E-state index in [9.17, 15) is 14.4 Å². The summed E-state index contributed by atoms with van der Waals surface area (Å²) in [5.74, 6) is -0.889. The van der Waals surface area contributed by atoms with Crippen LogP contribution in [0.4, 0.5) is 16.2 Å². The van der Waals surface area contributed by atoms with Gasteiger partial charge in [0.25, 0.3) is 5.91 Å². The number of anilines is 2. The van der Waals surface area contributed by atoms with Crippen molar-refractivity contribution in [2.45, 2.75) is 25.8 Å². The number of benzene rings is 2. The Bertz CT molecular complexity index is 1200. The van der Waals surface area contributed by atoms with E-state index >= 15 is 0 Å². The van der Waals surface area contributed by atoms with Crippen LogP contribution in [-0.2, 0) is 4.74 Å². The van der Waals surface area contributed by atoms with E-state index in [1.165, 1.54) is 0 Å². The number of aromatic nitrogens is 2. The third-order valence-corrected chi connectivity index (χ3v) is 6.47. The number of nitrogens with zero attached hydrogens (tertiary/aromatic N) is 3. The predicted octanol–water partition coefficient (Wildman–Crippen LogP) is 4.99. The maximum absolute atomic E-state index is 13.1. The molecule has 4 rings (SSSR count). The van der Waals surface area contributed by atoms with Gasteiger partial charge in [-0.05, 0) is 56.2 Å². The Kier molecular flexibility index (Phi) is 7.39. The van der Waals surface area contributed by atoms with Gasteiger partial charge in [-0.1, -0.05) is 35.1 Å². The summed E-state index contributed by atoms with van der Waals surface area (Å²) in [4.78, 5) is 39.5. The Morgan fingerprint density at radius 3 is 2.65 bits per heavy atom. The molecule has 9 nitrogen and oxygen atoms in total. The number of rotatable bonds is 6. The molecule has 1 saturated heterocycles. The second-order valence-corrected chi connectivity index (χ2v) is 8.90. The number of esters is 1. The minimum Gasteiger partial charge on any atom is -0.462 e. The molecule has 1 fully saturated rings. The van der Waals surface area contributed by atoms with Gasteiger partial charge in [-0.25, -0.2) is 9.59 Å². The summed E-state index contributed by atoms with van der Waals surface area (Å²) >= 11 is 7.02. The SMILES string of the molecule is CCOC(=O)c1ccccc1NC(=O)N1CCC[C@H]1c1nnc(C(=O)Nc2ccc(Cl)cc2)s1. The molecule has 0 radical (unpaired) electrons. The normalized spacial score (nSPS) is 15.1. The van der Waals surface area contributed by atoms with E-state index in [-0.39, 0.29) is 35.2 Å². The predicted molar refractivity (Wildman–Crippen MR) is 129 cm³/mol. The molecule has 0 unspecified atom stereocenters. The van der Waals surface area contributed by atoms with Gasteiger partial charge in [-0.3, -0.25) is 4.79 Å². The van der Waals surface area contributed by atoms with Crippen LogP contribution in [0, 0.1) is 0 Å². The summed E-state index contributed by atoms with van der Waals surface area (Å²) in [6.45, 7) is 2.48. The molecule has 3 amide bonds. The van der Waals surface area contributed by atoms with Gasteiger partial charge in [0, 0.05) is 17.3 Å². The molecule has 1 aliphatic heterocycles. The minimum absolute atomic E-state index is 0.199. The largest absolute Gasteiger partial charge is 0.462 e. The van der Waals surface area contributed by atoms with Crippen LogP contribution in [0.3, 0.4) is 0 Å². The second-order valence-electron chi connectivity index (χ2n) is 7.45. The molecule has 3 aromatic rings. The van der Waals surface area contributed by atoms with Crippen molar-refractivity contribution in [1.29, 1.82) is 0 Å². The number of para-hydroxylation sites is 1. The first-order valence-electron chi connectivity index (χ1n) is 10.7. The number of likely N-dealkylation sites (tertiary alicyclic amines) is 1. The smallest absolute Gasteiger partial charge is 0.340 e. The minimum atomic E-state index is -0.503. The van der Waals surface area contributed by atoms with E-state index in [0.29, 0.717) is 34.4 Å². The molecule has 1 atom stereocenters. The van der Waals surface area contributed by atoms with Crippen molar-refractivity contribution in [3.63, 3.8) is 0 Å². The van der Waals surface area contributed by atoms with Gasteiger partial charge in [0.05, 0.1) is 23.9 Å². The highest BCUT2D eigenvalue weighted by Gasteiger charge is 2.33. The van der Waals surface area contributed by atoms with Gasteiger partial charge >= 0.3 is 12.0 Å². The molecule has 2 aromatic carbocycles. The fourth-order valence-corrected chi connectivity index (χ4v) is 4.62. The van der Waals surface area contributed by atoms with Crippen LogP contribution >= 0.6 is 22.9 Å². The first-order valence-corrected chi connectivity index (χ1v) is 11.9. The number of carbonyl (C=O) groups is 3. The lowest BCUT2D eigenvalue weighted by molar-refractivity contribution is 0.0527. The van der Waals surface area contributed by atoms with Crippen molar-refractivity contribution in [2.75, 3.05) is 23.8 Å². The van der Waals surface area contributed by atoms with Gasteiger partial charge < -0.3 is 20.3 Å². The Hall–Kier alpha value is -3.50. The fourth-order valence-electron chi connectivity index (χ4n) is 3.61. The summed E-state index contributed by atoms with van der Waals surface area (Å²) in [6.07, 6.45) is 1.48. The topological polar surface area (TPSA) is 114 Å². The molecule has 11 heteroatoms. The summed E-state index contributed by atoms with van der Waals surface area (Å²) in [5.41, 5.74) is 1.25. The van der Waals surface area contributed by atoms with Crippen LogP contribution in [0.1, 0.15) is 51.0 Å². The molecule has 0 saturated carbocycles. The zero-order chi connectivity index (χ0) is 24.1. The lowest BCUT2D eigenvalue weighted by Gasteiger charge is -2.23. The van der Waals surface area contributed by atoms with Crippen molar-refractivity contribution in [3.8, 4) is 0 Å². The number of hydrogen-bond donors (Lipinski definition) is 2. The fraction of sp³-hybridized carbons (Fsp3) is 0.261. The average molecular weight is 500 g/mol. The van der Waals surface area contributed by atoms with E-state index < -0.39 is 5.97 Å². The van der Waals surface area contributed by atoms with Crippen LogP contribution in [0.15, 0.2) is 48.5 Å². The Morgan fingerprint density at radius 1 is 1.12 bits per heavy atom. The highest BCUT2D eigenvalue weighted by molar-refractivity contribution is 7.13. The molecule has 0 spiro atoms. The summed E-state index contributed by atoms with van der Waals surface area (Å²) in [5, 5.41) is 15.1. The zero-order valence-electron chi connectivity index (χ0n) is 18.3. The summed E-state index contributed by atoms with van der Waals surface area (Å²) in [7, 11) is 0. The molecule has 1 aliphatic rings. The van der Waals surface area contributed by atoms with E-state index in [1.54, 1.807) is 60.4 Å². The van der Waals surface area contributed by atoms with Gasteiger partial charge in [0.1, 0.15) is 5.01 Å². The number of hydrogen-bond acceptors (Lipinski definition) is 7. The van der Waals surface area contributed by atoms with Gasteiger partial charge in [-0.2, -0.15) is 0 Å². The van der Waals surface area contributed by atoms with Gasteiger partial charge in [0.2, 0.25) is 5.01 Å². The van der Waals surface area contributed by atoms with E-state index in [4.69, 9.17) is 16.3 Å². The first-order chi connectivity index (χ1) is 16.5. The van der Waals surface area contributed by atoms with Gasteiger partial charge in [0.15, 0.2) is 0 Å². The Labute approximate surface area is 205 Å². The monoisotopic (exact) mass is 499 g/mol. The van der Waals surface area contributed by atoms with E-state index in [0.717, 1.165) is 17.8 Å². The highest BCUT2D eigenvalue weighted by atomic mass is 35.5. The molecule has 0 bridgehead atoms. The maximum atomic E-state index is 13.1. The Morgan fingerprint density at radius 2 is 1.88 bits per heavy atom. The molecular weight excluding hydrogens is 478 g/mol. The Balaban J connectivity index is 1.45. The quantitative estimate of drug-likeness (QED) is 0.462. The number of nitrogens with one attached hydrogen (secondary N) is 2. The van der Waals surface area contributed by atoms with E-state index in [2.05, 4.69) is 20.8 Å². The maximum Gasteiger partial charge on any atom is 0.340 e. The molecular formula is C23H22ClN5O4S. The molecule has 176 valence electrons. The number of carbonyl (C=O) groups excluding carboxylic acids is 3. The first kappa shape index (κ1) is 23.7. The molecule has 34 heavy (non-hydrogen) atoms. The van der Waals surface area contributed by atoms with Crippen LogP contribution in [0.2, 0.25) is 5.02 Å². The van der Waals surface area contributed by atoms with Gasteiger partial charge in [-0.15, -0.1) is 10.2 Å². The van der Waals surface area contributed by atoms with Crippen LogP contribution in [0.25, 0.3) is 0 Å². The molecule has 1 aromatic heterocycles. The lowest BCUT2D eigenvalue weighted by Crippen LogP contribution is -2.34. The van der Waals surface area contributed by atoms with Crippen molar-refractivity contribution < 1.29 is 19.1 Å². The number of urea groups is 1. The highest BCUT2D eigenvalue weighted by Crippen LogP contribution is 2.34. The summed E-state index contributed by atoms with van der Waals surface area (Å²) < 4.78 is 5.07. The van der Waals surface area contributed by atoms with Crippen molar-refractivity contribution in [3.05, 3.63) is 69.1 Å². The van der Waals surface area contributed by atoms with Crippen LogP contribution < -0.4 is 10.6 Å². The number of halogens is 1. The molecule has 2 heterocycles. The lowest BCUT2D eigenvalue weighted by atomic mass is 10.2. The van der Waals surface area contributed by atoms with Crippen LogP contribution in [-0.4, -0.2) is 46.2 Å². The van der Waals surface area contributed by atoms with Crippen LogP contribution in [0.5, 0.6) is 0 Å². The summed E-state index contributed by atoms with van der Waals surface area (Å²) in [6, 6.07) is 12.8. The second kappa shape index (κ2) is 10.6. The zero-order valence-corrected chi connectivity index (χ0v) is 19.9. The van der Waals surface area contributed by atoms with Crippen molar-refractivity contribution >= 4 is 52.2 Å². The number of amides is 3. The molecule has 2 N–H and O–H groups in total. The third-order valence-electron chi connectivity index (χ3n) is 5.20. The number of ether oxygens (including phenoxy) is 1. The van der Waals surface area contributed by atoms with E-state index in [1.807, 2.05) is 0 Å². The average Bonchev–Trinajstić information content (AvgIpc) is 3.51.